The summed E-state index contributed by atoms with van der Waals surface area (Å²) in [5, 5.41) is 4.08. The Morgan fingerprint density at radius 3 is 3.07 bits per heavy atom. The van der Waals surface area contributed by atoms with E-state index in [2.05, 4.69) is 10.3 Å². The maximum Gasteiger partial charge on any atom is 0.126 e. The van der Waals surface area contributed by atoms with E-state index in [0.29, 0.717) is 0 Å². The predicted octanol–water partition coefficient (Wildman–Crippen LogP) is 2.25. The largest absolute Gasteiger partial charge is 0.385 e. The van der Waals surface area contributed by atoms with Gasteiger partial charge in [-0.15, -0.1) is 11.8 Å². The van der Waals surface area contributed by atoms with Crippen molar-refractivity contribution >= 4 is 17.6 Å². The molecular weight excluding hydrogens is 196 g/mol. The van der Waals surface area contributed by atoms with E-state index < -0.39 is 0 Å². The number of nitrogens with one attached hydrogen (secondary N) is 1. The molecule has 1 N–H and O–H groups in total. The van der Waals surface area contributed by atoms with E-state index in [1.165, 1.54) is 0 Å². The van der Waals surface area contributed by atoms with Crippen molar-refractivity contribution in [2.24, 2.45) is 0 Å². The number of aromatic nitrogens is 1. The van der Waals surface area contributed by atoms with Crippen molar-refractivity contribution in [2.45, 2.75) is 11.4 Å². The maximum atomic E-state index is 4.98. The zero-order valence-electron chi connectivity index (χ0n) is 8.62. The smallest absolute Gasteiger partial charge is 0.126 e. The van der Waals surface area contributed by atoms with Gasteiger partial charge in [0.25, 0.3) is 0 Å². The van der Waals surface area contributed by atoms with Crippen LogP contribution in [0.15, 0.2) is 23.2 Å². The van der Waals surface area contributed by atoms with Crippen LogP contribution in [0.4, 0.5) is 5.82 Å². The zero-order valence-corrected chi connectivity index (χ0v) is 9.43. The molecule has 1 aromatic rings. The normalized spacial score (nSPS) is 10.1. The molecule has 0 spiro atoms. The van der Waals surface area contributed by atoms with Crippen molar-refractivity contribution in [1.29, 1.82) is 0 Å². The summed E-state index contributed by atoms with van der Waals surface area (Å²) < 4.78 is 4.98. The molecule has 0 aliphatic carbocycles. The first kappa shape index (κ1) is 11.3. The van der Waals surface area contributed by atoms with E-state index in [1.807, 2.05) is 25.2 Å². The van der Waals surface area contributed by atoms with Crippen LogP contribution in [0.2, 0.25) is 0 Å². The van der Waals surface area contributed by atoms with Gasteiger partial charge in [0.2, 0.25) is 0 Å². The third-order valence-electron chi connectivity index (χ3n) is 1.72. The summed E-state index contributed by atoms with van der Waals surface area (Å²) in [6.07, 6.45) is 1.06. The van der Waals surface area contributed by atoms with Crippen LogP contribution in [0, 0.1) is 0 Å². The second-order valence-electron chi connectivity index (χ2n) is 2.81. The highest BCUT2D eigenvalue weighted by atomic mass is 32.2. The number of anilines is 1. The van der Waals surface area contributed by atoms with Gasteiger partial charge in [0.1, 0.15) is 5.82 Å². The number of rotatable bonds is 6. The second kappa shape index (κ2) is 6.68. The van der Waals surface area contributed by atoms with Gasteiger partial charge in [0.05, 0.1) is 5.03 Å². The molecule has 0 aliphatic rings. The maximum absolute atomic E-state index is 4.98. The van der Waals surface area contributed by atoms with Gasteiger partial charge in [-0.25, -0.2) is 4.98 Å². The van der Waals surface area contributed by atoms with Crippen LogP contribution in [0.1, 0.15) is 6.42 Å². The minimum absolute atomic E-state index is 0.818. The Hall–Kier alpha value is -0.740. The van der Waals surface area contributed by atoms with Crippen LogP contribution in [-0.2, 0) is 4.74 Å². The molecule has 0 unspecified atom stereocenters. The summed E-state index contributed by atoms with van der Waals surface area (Å²) in [5.41, 5.74) is 0. The number of pyridine rings is 1. The van der Waals surface area contributed by atoms with Crippen LogP contribution < -0.4 is 5.32 Å². The zero-order chi connectivity index (χ0) is 10.2. The number of hydrogen-bond acceptors (Lipinski definition) is 4. The molecule has 0 radical (unpaired) electrons. The molecule has 0 fully saturated rings. The van der Waals surface area contributed by atoms with Gasteiger partial charge in [0.15, 0.2) is 0 Å². The Labute approximate surface area is 89.3 Å². The van der Waals surface area contributed by atoms with Crippen molar-refractivity contribution in [1.82, 2.24) is 4.98 Å². The van der Waals surface area contributed by atoms with E-state index in [-0.39, 0.29) is 0 Å². The van der Waals surface area contributed by atoms with Crippen molar-refractivity contribution in [3.63, 3.8) is 0 Å². The molecule has 0 amide bonds. The molecule has 0 saturated heterocycles. The van der Waals surface area contributed by atoms with E-state index in [1.54, 1.807) is 18.9 Å². The Balaban J connectivity index is 2.34. The fourth-order valence-corrected chi connectivity index (χ4v) is 1.82. The molecule has 1 rings (SSSR count). The average molecular weight is 212 g/mol. The summed E-state index contributed by atoms with van der Waals surface area (Å²) >= 11 is 1.76. The molecule has 0 bridgehead atoms. The molecule has 0 atom stereocenters. The first-order valence-corrected chi connectivity index (χ1v) is 5.62. The van der Waals surface area contributed by atoms with Crippen molar-refractivity contribution in [2.75, 3.05) is 31.8 Å². The topological polar surface area (TPSA) is 34.1 Å². The van der Waals surface area contributed by atoms with Crippen molar-refractivity contribution in [3.8, 4) is 0 Å². The molecule has 0 aromatic carbocycles. The summed E-state index contributed by atoms with van der Waals surface area (Å²) in [4.78, 5) is 4.40. The lowest BCUT2D eigenvalue weighted by Crippen LogP contribution is -1.94. The van der Waals surface area contributed by atoms with Gasteiger partial charge >= 0.3 is 0 Å². The van der Waals surface area contributed by atoms with Crippen LogP contribution >= 0.6 is 11.8 Å². The third kappa shape index (κ3) is 3.98. The number of ether oxygens (including phenoxy) is 1. The Morgan fingerprint density at radius 2 is 2.36 bits per heavy atom. The lowest BCUT2D eigenvalue weighted by atomic mass is 10.5. The fourth-order valence-electron chi connectivity index (χ4n) is 1.01. The van der Waals surface area contributed by atoms with Crippen LogP contribution in [0.25, 0.3) is 0 Å². The molecule has 78 valence electrons. The Bertz CT molecular complexity index is 268. The van der Waals surface area contributed by atoms with Crippen LogP contribution in [-0.4, -0.2) is 31.5 Å². The first-order valence-electron chi connectivity index (χ1n) is 4.63. The van der Waals surface area contributed by atoms with E-state index >= 15 is 0 Å². The summed E-state index contributed by atoms with van der Waals surface area (Å²) in [7, 11) is 3.60. The molecular formula is C10H16N2OS. The number of methoxy groups -OCH3 is 1. The van der Waals surface area contributed by atoms with Gasteiger partial charge in [-0.3, -0.25) is 0 Å². The molecule has 4 heteroatoms. The van der Waals surface area contributed by atoms with E-state index in [0.717, 1.165) is 29.6 Å². The third-order valence-corrected chi connectivity index (χ3v) is 2.74. The highest BCUT2D eigenvalue weighted by Gasteiger charge is 1.96. The van der Waals surface area contributed by atoms with Gasteiger partial charge in [-0.1, -0.05) is 6.07 Å². The minimum atomic E-state index is 0.818. The second-order valence-corrected chi connectivity index (χ2v) is 3.92. The molecule has 3 nitrogen and oxygen atoms in total. The van der Waals surface area contributed by atoms with Gasteiger partial charge in [0, 0.05) is 26.5 Å². The van der Waals surface area contributed by atoms with Crippen LogP contribution in [0.3, 0.4) is 0 Å². The molecule has 1 aromatic heterocycles. The number of thioether (sulfide) groups is 1. The van der Waals surface area contributed by atoms with Gasteiger partial charge in [-0.05, 0) is 18.6 Å². The summed E-state index contributed by atoms with van der Waals surface area (Å²) in [6.45, 7) is 0.818. The number of nitrogens with zero attached hydrogens (tertiary/aromatic N) is 1. The van der Waals surface area contributed by atoms with Crippen molar-refractivity contribution in [3.05, 3.63) is 18.2 Å². The van der Waals surface area contributed by atoms with E-state index in [9.17, 15) is 0 Å². The van der Waals surface area contributed by atoms with E-state index in [4.69, 9.17) is 4.74 Å². The van der Waals surface area contributed by atoms with Gasteiger partial charge in [-0.2, -0.15) is 0 Å². The first-order chi connectivity index (χ1) is 6.86. The quantitative estimate of drug-likeness (QED) is 0.579. The Morgan fingerprint density at radius 1 is 1.50 bits per heavy atom. The predicted molar refractivity (Wildman–Crippen MR) is 61.0 cm³/mol. The fraction of sp³-hybridized carbons (Fsp3) is 0.500. The SMILES string of the molecule is CNc1cccc(SCCCOC)n1. The average Bonchev–Trinajstić information content (AvgIpc) is 2.25. The minimum Gasteiger partial charge on any atom is -0.385 e. The summed E-state index contributed by atoms with van der Waals surface area (Å²) in [5.74, 6) is 1.97. The highest BCUT2D eigenvalue weighted by molar-refractivity contribution is 7.99. The Kier molecular flexibility index (Phi) is 5.40. The molecule has 14 heavy (non-hydrogen) atoms. The molecule has 0 aliphatic heterocycles. The standard InChI is InChI=1S/C10H16N2OS/c1-11-9-5-3-6-10(12-9)14-8-4-7-13-2/h3,5-6H,4,7-8H2,1-2H3,(H,11,12). The van der Waals surface area contributed by atoms with Gasteiger partial charge < -0.3 is 10.1 Å². The lowest BCUT2D eigenvalue weighted by Gasteiger charge is -2.03. The van der Waals surface area contributed by atoms with Crippen molar-refractivity contribution < 1.29 is 4.74 Å². The molecule has 1 heterocycles. The molecule has 0 saturated carbocycles. The number of hydrogen-bond donors (Lipinski definition) is 1. The monoisotopic (exact) mass is 212 g/mol. The lowest BCUT2D eigenvalue weighted by molar-refractivity contribution is 0.200. The van der Waals surface area contributed by atoms with Crippen LogP contribution in [0.5, 0.6) is 0 Å². The highest BCUT2D eigenvalue weighted by Crippen LogP contribution is 2.17. The summed E-state index contributed by atoms with van der Waals surface area (Å²) in [6, 6.07) is 6.00.